The van der Waals surface area contributed by atoms with Crippen LogP contribution in [0.4, 0.5) is 11.4 Å². The van der Waals surface area contributed by atoms with E-state index in [0.29, 0.717) is 11.3 Å². The number of amides is 1. The molecule has 23 heavy (non-hydrogen) atoms. The van der Waals surface area contributed by atoms with Gasteiger partial charge in [-0.15, -0.1) is 0 Å². The lowest BCUT2D eigenvalue weighted by molar-refractivity contribution is -0.116. The van der Waals surface area contributed by atoms with Gasteiger partial charge in [0.25, 0.3) is 0 Å². The quantitative estimate of drug-likeness (QED) is 0.909. The van der Waals surface area contributed by atoms with Crippen molar-refractivity contribution in [2.24, 2.45) is 0 Å². The van der Waals surface area contributed by atoms with E-state index in [1.807, 2.05) is 13.0 Å². The molecule has 0 saturated carbocycles. The number of hydrogen-bond donors (Lipinski definition) is 2. The third-order valence-electron chi connectivity index (χ3n) is 4.16. The highest BCUT2D eigenvalue weighted by Gasteiger charge is 2.15. The molecule has 116 valence electrons. The maximum atomic E-state index is 12.3. The number of nitrogens with zero attached hydrogens (tertiary/aromatic N) is 1. The number of hydrogen-bond acceptors (Lipinski definition) is 3. The molecule has 0 aliphatic heterocycles. The molecule has 0 heterocycles. The summed E-state index contributed by atoms with van der Waals surface area (Å²) in [5, 5.41) is 14.9. The molecular formula is C19H19N3O. The van der Waals surface area contributed by atoms with Gasteiger partial charge < -0.3 is 10.6 Å². The van der Waals surface area contributed by atoms with Crippen molar-refractivity contribution in [2.45, 2.75) is 32.2 Å². The Morgan fingerprint density at radius 3 is 2.52 bits per heavy atom. The summed E-state index contributed by atoms with van der Waals surface area (Å²) in [6, 6.07) is 14.9. The van der Waals surface area contributed by atoms with E-state index in [0.717, 1.165) is 18.5 Å². The predicted molar refractivity (Wildman–Crippen MR) is 91.3 cm³/mol. The standard InChI is InChI=1S/C19H19N3O/c1-13(19(23)22-17-8-5-14(12-20)6-9-17)21-18-10-7-15-3-2-4-16(15)11-18/h5-11,13,21H,2-4H2,1H3,(H,22,23)/t13-/m0/s1. The molecule has 2 aromatic carbocycles. The van der Waals surface area contributed by atoms with Crippen LogP contribution in [-0.4, -0.2) is 11.9 Å². The van der Waals surface area contributed by atoms with Gasteiger partial charge in [-0.05, 0) is 73.7 Å². The number of benzene rings is 2. The Bertz CT molecular complexity index is 759. The Labute approximate surface area is 136 Å². The summed E-state index contributed by atoms with van der Waals surface area (Å²) < 4.78 is 0. The van der Waals surface area contributed by atoms with Crippen LogP contribution in [-0.2, 0) is 17.6 Å². The summed E-state index contributed by atoms with van der Waals surface area (Å²) in [6.45, 7) is 1.84. The number of aryl methyl sites for hydroxylation is 2. The smallest absolute Gasteiger partial charge is 0.246 e. The summed E-state index contributed by atoms with van der Waals surface area (Å²) in [6.07, 6.45) is 3.49. The molecule has 0 radical (unpaired) electrons. The second-order valence-corrected chi connectivity index (χ2v) is 5.88. The highest BCUT2D eigenvalue weighted by molar-refractivity contribution is 5.96. The van der Waals surface area contributed by atoms with Crippen LogP contribution in [0.1, 0.15) is 30.0 Å². The first kappa shape index (κ1) is 15.1. The first-order chi connectivity index (χ1) is 11.2. The average Bonchev–Trinajstić information content (AvgIpc) is 3.03. The van der Waals surface area contributed by atoms with Crippen LogP contribution in [0.5, 0.6) is 0 Å². The van der Waals surface area contributed by atoms with Crippen molar-refractivity contribution in [3.8, 4) is 6.07 Å². The lowest BCUT2D eigenvalue weighted by Crippen LogP contribution is -2.31. The summed E-state index contributed by atoms with van der Waals surface area (Å²) in [4.78, 5) is 12.3. The van der Waals surface area contributed by atoms with Crippen molar-refractivity contribution in [1.82, 2.24) is 0 Å². The van der Waals surface area contributed by atoms with Crippen molar-refractivity contribution in [3.05, 3.63) is 59.2 Å². The lowest BCUT2D eigenvalue weighted by Gasteiger charge is -2.16. The van der Waals surface area contributed by atoms with E-state index in [1.54, 1.807) is 24.3 Å². The molecule has 2 N–H and O–H groups in total. The van der Waals surface area contributed by atoms with Gasteiger partial charge in [0, 0.05) is 11.4 Å². The Morgan fingerprint density at radius 2 is 1.78 bits per heavy atom. The van der Waals surface area contributed by atoms with Crippen LogP contribution in [0.2, 0.25) is 0 Å². The van der Waals surface area contributed by atoms with E-state index in [-0.39, 0.29) is 11.9 Å². The van der Waals surface area contributed by atoms with Gasteiger partial charge in [-0.3, -0.25) is 4.79 Å². The van der Waals surface area contributed by atoms with Gasteiger partial charge in [0.2, 0.25) is 5.91 Å². The lowest BCUT2D eigenvalue weighted by atomic mass is 10.1. The summed E-state index contributed by atoms with van der Waals surface area (Å²) in [5.74, 6) is -0.102. The first-order valence-corrected chi connectivity index (χ1v) is 7.85. The Hall–Kier alpha value is -2.80. The first-order valence-electron chi connectivity index (χ1n) is 7.85. The van der Waals surface area contributed by atoms with E-state index in [2.05, 4.69) is 28.8 Å². The molecule has 0 unspecified atom stereocenters. The second kappa shape index (κ2) is 6.53. The molecule has 0 bridgehead atoms. The minimum Gasteiger partial charge on any atom is -0.374 e. The van der Waals surface area contributed by atoms with Crippen LogP contribution < -0.4 is 10.6 Å². The molecule has 3 rings (SSSR count). The molecule has 0 aromatic heterocycles. The average molecular weight is 305 g/mol. The van der Waals surface area contributed by atoms with E-state index in [4.69, 9.17) is 5.26 Å². The van der Waals surface area contributed by atoms with Gasteiger partial charge >= 0.3 is 0 Å². The monoisotopic (exact) mass is 305 g/mol. The van der Waals surface area contributed by atoms with Crippen LogP contribution in [0, 0.1) is 11.3 Å². The molecular weight excluding hydrogens is 286 g/mol. The van der Waals surface area contributed by atoms with Crippen LogP contribution >= 0.6 is 0 Å². The Kier molecular flexibility index (Phi) is 4.29. The van der Waals surface area contributed by atoms with E-state index in [1.165, 1.54) is 17.5 Å². The van der Waals surface area contributed by atoms with Gasteiger partial charge in [0.05, 0.1) is 11.6 Å². The molecule has 4 heteroatoms. The summed E-state index contributed by atoms with van der Waals surface area (Å²) in [5.41, 5.74) is 5.05. The normalized spacial score (nSPS) is 13.7. The number of nitrogens with one attached hydrogen (secondary N) is 2. The number of nitriles is 1. The molecule has 0 fully saturated rings. The Morgan fingerprint density at radius 1 is 1.09 bits per heavy atom. The molecule has 1 atom stereocenters. The number of fused-ring (bicyclic) bond motifs is 1. The Balaban J connectivity index is 1.62. The molecule has 1 aliphatic rings. The predicted octanol–water partition coefficient (Wildman–Crippen LogP) is 3.49. The summed E-state index contributed by atoms with van der Waals surface area (Å²) >= 11 is 0. The maximum absolute atomic E-state index is 12.3. The van der Waals surface area contributed by atoms with Crippen molar-refractivity contribution in [3.63, 3.8) is 0 Å². The van der Waals surface area contributed by atoms with Crippen LogP contribution in [0.15, 0.2) is 42.5 Å². The molecule has 4 nitrogen and oxygen atoms in total. The van der Waals surface area contributed by atoms with Crippen molar-refractivity contribution in [2.75, 3.05) is 10.6 Å². The van der Waals surface area contributed by atoms with E-state index >= 15 is 0 Å². The van der Waals surface area contributed by atoms with Crippen molar-refractivity contribution in [1.29, 1.82) is 5.26 Å². The fourth-order valence-electron chi connectivity index (χ4n) is 2.86. The fourth-order valence-corrected chi connectivity index (χ4v) is 2.86. The highest BCUT2D eigenvalue weighted by atomic mass is 16.2. The van der Waals surface area contributed by atoms with Gasteiger partial charge in [-0.2, -0.15) is 5.26 Å². The maximum Gasteiger partial charge on any atom is 0.246 e. The topological polar surface area (TPSA) is 64.9 Å². The molecule has 0 spiro atoms. The number of carbonyl (C=O) groups excluding carboxylic acids is 1. The van der Waals surface area contributed by atoms with Crippen LogP contribution in [0.3, 0.4) is 0 Å². The van der Waals surface area contributed by atoms with E-state index < -0.39 is 0 Å². The second-order valence-electron chi connectivity index (χ2n) is 5.88. The largest absolute Gasteiger partial charge is 0.374 e. The third-order valence-corrected chi connectivity index (χ3v) is 4.16. The third kappa shape index (κ3) is 3.51. The molecule has 2 aromatic rings. The van der Waals surface area contributed by atoms with Crippen LogP contribution in [0.25, 0.3) is 0 Å². The zero-order valence-corrected chi connectivity index (χ0v) is 13.1. The SMILES string of the molecule is C[C@H](Nc1ccc2c(c1)CCC2)C(=O)Nc1ccc(C#N)cc1. The zero-order valence-electron chi connectivity index (χ0n) is 13.1. The molecule has 0 saturated heterocycles. The molecule has 1 aliphatic carbocycles. The number of anilines is 2. The van der Waals surface area contributed by atoms with Gasteiger partial charge in [-0.1, -0.05) is 6.07 Å². The minimum absolute atomic E-state index is 0.102. The minimum atomic E-state index is -0.343. The van der Waals surface area contributed by atoms with Crippen molar-refractivity contribution < 1.29 is 4.79 Å². The van der Waals surface area contributed by atoms with Gasteiger partial charge in [0.15, 0.2) is 0 Å². The number of rotatable bonds is 4. The van der Waals surface area contributed by atoms with Crippen molar-refractivity contribution >= 4 is 17.3 Å². The van der Waals surface area contributed by atoms with Gasteiger partial charge in [-0.25, -0.2) is 0 Å². The van der Waals surface area contributed by atoms with Gasteiger partial charge in [0.1, 0.15) is 6.04 Å². The molecule has 1 amide bonds. The fraction of sp³-hybridized carbons (Fsp3) is 0.263. The number of carbonyl (C=O) groups is 1. The zero-order chi connectivity index (χ0) is 16.2. The van der Waals surface area contributed by atoms with E-state index in [9.17, 15) is 4.79 Å². The highest BCUT2D eigenvalue weighted by Crippen LogP contribution is 2.25. The summed E-state index contributed by atoms with van der Waals surface area (Å²) in [7, 11) is 0.